The molecule has 1 heterocycles. The van der Waals surface area contributed by atoms with Crippen molar-refractivity contribution in [2.45, 2.75) is 9.92 Å². The standard InChI is InChI=1S/C11H6BrN3S/c12-8-3-1-2-4-10(8)16-11-9(7-13)14-5-6-15-11/h1-6H. The minimum Gasteiger partial charge on any atom is -0.245 e. The second-order valence-electron chi connectivity index (χ2n) is 2.85. The largest absolute Gasteiger partial charge is 0.245 e. The third-order valence-corrected chi connectivity index (χ3v) is 3.84. The highest BCUT2D eigenvalue weighted by atomic mass is 79.9. The molecule has 78 valence electrons. The second-order valence-corrected chi connectivity index (χ2v) is 4.74. The summed E-state index contributed by atoms with van der Waals surface area (Å²) in [6.07, 6.45) is 3.10. The highest BCUT2D eigenvalue weighted by Crippen LogP contribution is 2.32. The Bertz CT molecular complexity index is 551. The summed E-state index contributed by atoms with van der Waals surface area (Å²) in [5, 5.41) is 9.51. The molecule has 0 saturated carbocycles. The van der Waals surface area contributed by atoms with Crippen LogP contribution in [0.25, 0.3) is 0 Å². The molecule has 0 unspecified atom stereocenters. The number of hydrogen-bond acceptors (Lipinski definition) is 4. The van der Waals surface area contributed by atoms with Crippen LogP contribution in [0.2, 0.25) is 0 Å². The van der Waals surface area contributed by atoms with Crippen LogP contribution < -0.4 is 0 Å². The Morgan fingerprint density at radius 2 is 1.94 bits per heavy atom. The summed E-state index contributed by atoms with van der Waals surface area (Å²) in [5.74, 6) is 0. The van der Waals surface area contributed by atoms with E-state index in [4.69, 9.17) is 5.26 Å². The zero-order chi connectivity index (χ0) is 11.4. The van der Waals surface area contributed by atoms with Crippen LogP contribution in [0.4, 0.5) is 0 Å². The van der Waals surface area contributed by atoms with Crippen molar-refractivity contribution in [1.29, 1.82) is 5.26 Å². The van der Waals surface area contributed by atoms with Gasteiger partial charge in [0.05, 0.1) is 0 Å². The molecule has 3 nitrogen and oxygen atoms in total. The molecule has 0 saturated heterocycles. The molecule has 0 aliphatic heterocycles. The summed E-state index contributed by atoms with van der Waals surface area (Å²) in [4.78, 5) is 9.12. The Hall–Kier alpha value is -1.38. The summed E-state index contributed by atoms with van der Waals surface area (Å²) < 4.78 is 0.981. The lowest BCUT2D eigenvalue weighted by Crippen LogP contribution is -1.89. The van der Waals surface area contributed by atoms with Gasteiger partial charge in [-0.05, 0) is 28.1 Å². The van der Waals surface area contributed by atoms with Crippen LogP contribution in [0.1, 0.15) is 5.69 Å². The first-order valence-electron chi connectivity index (χ1n) is 4.45. The van der Waals surface area contributed by atoms with Crippen molar-refractivity contribution in [3.63, 3.8) is 0 Å². The van der Waals surface area contributed by atoms with Gasteiger partial charge in [-0.2, -0.15) is 5.26 Å². The molecule has 0 bridgehead atoms. The minimum absolute atomic E-state index is 0.350. The average Bonchev–Trinajstić information content (AvgIpc) is 2.33. The number of nitriles is 1. The second kappa shape index (κ2) is 5.10. The molecule has 0 N–H and O–H groups in total. The average molecular weight is 292 g/mol. The van der Waals surface area contributed by atoms with Crippen LogP contribution in [0.5, 0.6) is 0 Å². The zero-order valence-corrected chi connectivity index (χ0v) is 10.5. The van der Waals surface area contributed by atoms with Gasteiger partial charge in [-0.15, -0.1) is 0 Å². The van der Waals surface area contributed by atoms with Crippen molar-refractivity contribution < 1.29 is 0 Å². The molecule has 2 aromatic rings. The first-order chi connectivity index (χ1) is 7.81. The number of aromatic nitrogens is 2. The van der Waals surface area contributed by atoms with Crippen molar-refractivity contribution in [3.05, 3.63) is 46.8 Å². The maximum absolute atomic E-state index is 8.89. The SMILES string of the molecule is N#Cc1nccnc1Sc1ccccc1Br. The predicted octanol–water partition coefficient (Wildman–Crippen LogP) is 3.26. The van der Waals surface area contributed by atoms with Crippen LogP contribution in [-0.2, 0) is 0 Å². The molecule has 0 spiro atoms. The first-order valence-corrected chi connectivity index (χ1v) is 6.05. The van der Waals surface area contributed by atoms with Gasteiger partial charge >= 0.3 is 0 Å². The Labute approximate surface area is 106 Å². The molecular formula is C11H6BrN3S. The van der Waals surface area contributed by atoms with E-state index in [1.807, 2.05) is 30.3 Å². The highest BCUT2D eigenvalue weighted by molar-refractivity contribution is 9.10. The van der Waals surface area contributed by atoms with Crippen LogP contribution >= 0.6 is 27.7 Å². The van der Waals surface area contributed by atoms with E-state index in [0.29, 0.717) is 10.7 Å². The van der Waals surface area contributed by atoms with Gasteiger partial charge in [-0.1, -0.05) is 23.9 Å². The fourth-order valence-corrected chi connectivity index (χ4v) is 2.46. The molecule has 1 aromatic carbocycles. The van der Waals surface area contributed by atoms with Crippen LogP contribution in [-0.4, -0.2) is 9.97 Å². The quantitative estimate of drug-likeness (QED) is 0.852. The van der Waals surface area contributed by atoms with E-state index in [9.17, 15) is 0 Å². The third kappa shape index (κ3) is 2.40. The molecule has 16 heavy (non-hydrogen) atoms. The molecular weight excluding hydrogens is 286 g/mol. The van der Waals surface area contributed by atoms with Gasteiger partial charge in [0.2, 0.25) is 0 Å². The van der Waals surface area contributed by atoms with Crippen LogP contribution in [0.3, 0.4) is 0 Å². The predicted molar refractivity (Wildman–Crippen MR) is 65.0 cm³/mol. The van der Waals surface area contributed by atoms with E-state index in [1.165, 1.54) is 18.0 Å². The summed E-state index contributed by atoms with van der Waals surface area (Å²) in [6, 6.07) is 9.82. The van der Waals surface area contributed by atoms with E-state index in [2.05, 4.69) is 25.9 Å². The Morgan fingerprint density at radius 1 is 1.19 bits per heavy atom. The summed E-state index contributed by atoms with van der Waals surface area (Å²) in [6.45, 7) is 0. The third-order valence-electron chi connectivity index (χ3n) is 1.81. The topological polar surface area (TPSA) is 49.6 Å². The molecule has 2 rings (SSSR count). The number of benzene rings is 1. The van der Waals surface area contributed by atoms with E-state index in [0.717, 1.165) is 9.37 Å². The maximum Gasteiger partial charge on any atom is 0.173 e. The maximum atomic E-state index is 8.89. The molecule has 5 heteroatoms. The molecule has 0 amide bonds. The number of rotatable bonds is 2. The van der Waals surface area contributed by atoms with Crippen molar-refractivity contribution in [1.82, 2.24) is 9.97 Å². The molecule has 0 fully saturated rings. The van der Waals surface area contributed by atoms with Crippen molar-refractivity contribution in [3.8, 4) is 6.07 Å². The lowest BCUT2D eigenvalue weighted by atomic mass is 10.4. The molecule has 0 aliphatic carbocycles. The van der Waals surface area contributed by atoms with Crippen molar-refractivity contribution >= 4 is 27.7 Å². The lowest BCUT2D eigenvalue weighted by molar-refractivity contribution is 1.02. The normalized spacial score (nSPS) is 9.75. The van der Waals surface area contributed by atoms with Crippen molar-refractivity contribution in [2.75, 3.05) is 0 Å². The fraction of sp³-hybridized carbons (Fsp3) is 0. The monoisotopic (exact) mass is 291 g/mol. The van der Waals surface area contributed by atoms with Gasteiger partial charge in [0.15, 0.2) is 5.69 Å². The smallest absolute Gasteiger partial charge is 0.173 e. The van der Waals surface area contributed by atoms with Crippen LogP contribution in [0.15, 0.2) is 51.1 Å². The van der Waals surface area contributed by atoms with Gasteiger partial charge in [-0.25, -0.2) is 9.97 Å². The summed E-state index contributed by atoms with van der Waals surface area (Å²) in [5.41, 5.74) is 0.350. The van der Waals surface area contributed by atoms with Crippen molar-refractivity contribution in [2.24, 2.45) is 0 Å². The summed E-state index contributed by atoms with van der Waals surface area (Å²) >= 11 is 4.87. The Kier molecular flexibility index (Phi) is 3.54. The van der Waals surface area contributed by atoms with Gasteiger partial charge in [0, 0.05) is 21.8 Å². The lowest BCUT2D eigenvalue weighted by Gasteiger charge is -2.03. The fourth-order valence-electron chi connectivity index (χ4n) is 1.11. The van der Waals surface area contributed by atoms with E-state index < -0.39 is 0 Å². The highest BCUT2D eigenvalue weighted by Gasteiger charge is 2.07. The van der Waals surface area contributed by atoms with Gasteiger partial charge in [-0.3, -0.25) is 0 Å². The van der Waals surface area contributed by atoms with Gasteiger partial charge in [0.25, 0.3) is 0 Å². The number of hydrogen-bond donors (Lipinski definition) is 0. The van der Waals surface area contributed by atoms with Crippen LogP contribution in [0, 0.1) is 11.3 Å². The summed E-state index contributed by atoms with van der Waals surface area (Å²) in [7, 11) is 0. The Balaban J connectivity index is 2.35. The molecule has 1 aromatic heterocycles. The Morgan fingerprint density at radius 3 is 2.69 bits per heavy atom. The number of nitrogens with zero attached hydrogens (tertiary/aromatic N) is 3. The van der Waals surface area contributed by atoms with E-state index in [1.54, 1.807) is 6.20 Å². The molecule has 0 radical (unpaired) electrons. The van der Waals surface area contributed by atoms with Gasteiger partial charge in [0.1, 0.15) is 11.1 Å². The van der Waals surface area contributed by atoms with E-state index >= 15 is 0 Å². The first kappa shape index (κ1) is 11.1. The zero-order valence-electron chi connectivity index (χ0n) is 8.09. The number of halogens is 1. The molecule has 0 atom stereocenters. The minimum atomic E-state index is 0.350. The molecule has 0 aliphatic rings. The van der Waals surface area contributed by atoms with E-state index in [-0.39, 0.29) is 0 Å². The van der Waals surface area contributed by atoms with Gasteiger partial charge < -0.3 is 0 Å².